The van der Waals surface area contributed by atoms with E-state index < -0.39 is 0 Å². The first kappa shape index (κ1) is 10.2. The van der Waals surface area contributed by atoms with E-state index in [1.54, 1.807) is 11.3 Å². The molecule has 0 radical (unpaired) electrons. The number of hydrogen-bond acceptors (Lipinski definition) is 2. The molecule has 1 aromatic heterocycles. The highest BCUT2D eigenvalue weighted by Crippen LogP contribution is 2.21. The van der Waals surface area contributed by atoms with Crippen LogP contribution >= 0.6 is 27.3 Å². The number of halogens is 1. The van der Waals surface area contributed by atoms with Crippen LogP contribution in [0.4, 0.5) is 0 Å². The minimum atomic E-state index is 0.334. The highest BCUT2D eigenvalue weighted by Gasteiger charge is 2.04. The molecular formula is C9H14BrNS. The fourth-order valence-corrected chi connectivity index (χ4v) is 2.74. The van der Waals surface area contributed by atoms with Gasteiger partial charge in [-0.1, -0.05) is 13.3 Å². The van der Waals surface area contributed by atoms with E-state index in [1.807, 2.05) is 0 Å². The number of hydrogen-bond donors (Lipinski definition) is 1. The van der Waals surface area contributed by atoms with Crippen LogP contribution in [0.5, 0.6) is 0 Å². The summed E-state index contributed by atoms with van der Waals surface area (Å²) in [5.41, 5.74) is 5.92. The Balaban J connectivity index is 2.41. The fourth-order valence-electron chi connectivity index (χ4n) is 1.19. The van der Waals surface area contributed by atoms with E-state index in [9.17, 15) is 0 Å². The van der Waals surface area contributed by atoms with Crippen LogP contribution in [0.15, 0.2) is 15.9 Å². The van der Waals surface area contributed by atoms with Crippen LogP contribution < -0.4 is 5.73 Å². The lowest BCUT2D eigenvalue weighted by Gasteiger charge is -2.07. The van der Waals surface area contributed by atoms with E-state index in [2.05, 4.69) is 34.3 Å². The maximum atomic E-state index is 5.92. The molecule has 68 valence electrons. The van der Waals surface area contributed by atoms with E-state index in [4.69, 9.17) is 5.73 Å². The Morgan fingerprint density at radius 1 is 1.67 bits per heavy atom. The Morgan fingerprint density at radius 2 is 2.42 bits per heavy atom. The number of thiophene rings is 1. The topological polar surface area (TPSA) is 26.0 Å². The largest absolute Gasteiger partial charge is 0.327 e. The molecule has 1 nitrogen and oxygen atoms in total. The summed E-state index contributed by atoms with van der Waals surface area (Å²) < 4.78 is 1.17. The van der Waals surface area contributed by atoms with Crippen LogP contribution in [0.1, 0.15) is 24.6 Å². The number of nitrogens with two attached hydrogens (primary N) is 1. The maximum absolute atomic E-state index is 5.92. The van der Waals surface area contributed by atoms with Crippen molar-refractivity contribution in [3.63, 3.8) is 0 Å². The molecule has 1 heterocycles. The highest BCUT2D eigenvalue weighted by molar-refractivity contribution is 9.10. The Bertz CT molecular complexity index is 234. The Morgan fingerprint density at radius 3 is 2.92 bits per heavy atom. The normalized spacial score (nSPS) is 13.2. The Labute approximate surface area is 86.1 Å². The Hall–Kier alpha value is 0.140. The van der Waals surface area contributed by atoms with Crippen molar-refractivity contribution in [3.05, 3.63) is 20.8 Å². The van der Waals surface area contributed by atoms with E-state index >= 15 is 0 Å². The third-order valence-electron chi connectivity index (χ3n) is 1.74. The molecule has 1 unspecified atom stereocenters. The van der Waals surface area contributed by atoms with Crippen molar-refractivity contribution in [1.29, 1.82) is 0 Å². The van der Waals surface area contributed by atoms with Crippen LogP contribution in [0, 0.1) is 0 Å². The number of rotatable bonds is 4. The minimum Gasteiger partial charge on any atom is -0.327 e. The second-order valence-corrected chi connectivity index (χ2v) is 4.90. The van der Waals surface area contributed by atoms with Gasteiger partial charge < -0.3 is 5.73 Å². The van der Waals surface area contributed by atoms with Crippen molar-refractivity contribution in [2.24, 2.45) is 5.73 Å². The summed E-state index contributed by atoms with van der Waals surface area (Å²) in [6, 6.07) is 2.49. The third-order valence-corrected chi connectivity index (χ3v) is 3.46. The summed E-state index contributed by atoms with van der Waals surface area (Å²) in [7, 11) is 0. The average molecular weight is 248 g/mol. The van der Waals surface area contributed by atoms with E-state index in [-0.39, 0.29) is 0 Å². The van der Waals surface area contributed by atoms with Crippen molar-refractivity contribution in [2.75, 3.05) is 0 Å². The fraction of sp³-hybridized carbons (Fsp3) is 0.556. The van der Waals surface area contributed by atoms with Crippen LogP contribution in [0.2, 0.25) is 0 Å². The van der Waals surface area contributed by atoms with E-state index in [1.165, 1.54) is 15.8 Å². The van der Waals surface area contributed by atoms with Gasteiger partial charge in [0.15, 0.2) is 0 Å². The van der Waals surface area contributed by atoms with Gasteiger partial charge in [-0.05, 0) is 34.8 Å². The van der Waals surface area contributed by atoms with E-state index in [0.717, 1.165) is 12.8 Å². The summed E-state index contributed by atoms with van der Waals surface area (Å²) in [6.07, 6.45) is 3.31. The van der Waals surface area contributed by atoms with Gasteiger partial charge in [-0.15, -0.1) is 11.3 Å². The van der Waals surface area contributed by atoms with Gasteiger partial charge in [-0.3, -0.25) is 0 Å². The molecule has 1 rings (SSSR count). The average Bonchev–Trinajstić information content (AvgIpc) is 2.36. The molecular weight excluding hydrogens is 234 g/mol. The van der Waals surface area contributed by atoms with Crippen molar-refractivity contribution < 1.29 is 0 Å². The molecule has 0 aromatic carbocycles. The lowest BCUT2D eigenvalue weighted by molar-refractivity contribution is 0.604. The molecule has 2 N–H and O–H groups in total. The third kappa shape index (κ3) is 3.25. The van der Waals surface area contributed by atoms with Gasteiger partial charge in [0.25, 0.3) is 0 Å². The molecule has 0 amide bonds. The molecule has 1 atom stereocenters. The Kier molecular flexibility index (Phi) is 4.26. The highest BCUT2D eigenvalue weighted by atomic mass is 79.9. The van der Waals surface area contributed by atoms with Gasteiger partial charge in [0.2, 0.25) is 0 Å². The molecule has 0 saturated carbocycles. The van der Waals surface area contributed by atoms with Crippen molar-refractivity contribution in [1.82, 2.24) is 0 Å². The van der Waals surface area contributed by atoms with Gasteiger partial charge in [-0.25, -0.2) is 0 Å². The van der Waals surface area contributed by atoms with Gasteiger partial charge in [0.05, 0.1) is 0 Å². The summed E-state index contributed by atoms with van der Waals surface area (Å²) in [5.74, 6) is 0. The zero-order valence-electron chi connectivity index (χ0n) is 7.22. The quantitative estimate of drug-likeness (QED) is 0.870. The SMILES string of the molecule is CCCC(N)Cc1cc(Br)cs1. The zero-order valence-corrected chi connectivity index (χ0v) is 9.62. The smallest absolute Gasteiger partial charge is 0.0285 e. The predicted octanol–water partition coefficient (Wildman–Crippen LogP) is 3.18. The van der Waals surface area contributed by atoms with E-state index in [0.29, 0.717) is 6.04 Å². The molecule has 0 saturated heterocycles. The lowest BCUT2D eigenvalue weighted by atomic mass is 10.1. The maximum Gasteiger partial charge on any atom is 0.0285 e. The van der Waals surface area contributed by atoms with Gasteiger partial charge in [-0.2, -0.15) is 0 Å². The first-order valence-corrected chi connectivity index (χ1v) is 5.88. The van der Waals surface area contributed by atoms with Crippen molar-refractivity contribution >= 4 is 27.3 Å². The monoisotopic (exact) mass is 247 g/mol. The molecule has 12 heavy (non-hydrogen) atoms. The zero-order chi connectivity index (χ0) is 8.97. The molecule has 0 aliphatic rings. The first-order chi connectivity index (χ1) is 5.72. The van der Waals surface area contributed by atoms with Gasteiger partial charge in [0, 0.05) is 20.8 Å². The van der Waals surface area contributed by atoms with Crippen molar-refractivity contribution in [3.8, 4) is 0 Å². The van der Waals surface area contributed by atoms with Gasteiger partial charge >= 0.3 is 0 Å². The molecule has 0 fully saturated rings. The standard InChI is InChI=1S/C9H14BrNS/c1-2-3-8(11)5-9-4-7(10)6-12-9/h4,6,8H,2-3,5,11H2,1H3. The van der Waals surface area contributed by atoms with Crippen molar-refractivity contribution in [2.45, 2.75) is 32.2 Å². The molecule has 0 aliphatic heterocycles. The molecule has 0 aliphatic carbocycles. The molecule has 3 heteroatoms. The van der Waals surface area contributed by atoms with Crippen LogP contribution in [0.3, 0.4) is 0 Å². The molecule has 0 bridgehead atoms. The van der Waals surface area contributed by atoms with Crippen LogP contribution in [-0.4, -0.2) is 6.04 Å². The minimum absolute atomic E-state index is 0.334. The second kappa shape index (κ2) is 5.00. The summed E-state index contributed by atoms with van der Waals surface area (Å²) >= 11 is 5.21. The lowest BCUT2D eigenvalue weighted by Crippen LogP contribution is -2.21. The van der Waals surface area contributed by atoms with Crippen LogP contribution in [-0.2, 0) is 6.42 Å². The second-order valence-electron chi connectivity index (χ2n) is 2.98. The first-order valence-electron chi connectivity index (χ1n) is 4.21. The summed E-state index contributed by atoms with van der Waals surface area (Å²) in [6.45, 7) is 2.17. The van der Waals surface area contributed by atoms with Crippen LogP contribution in [0.25, 0.3) is 0 Å². The van der Waals surface area contributed by atoms with Gasteiger partial charge in [0.1, 0.15) is 0 Å². The molecule has 0 spiro atoms. The predicted molar refractivity (Wildman–Crippen MR) is 58.6 cm³/mol. The summed E-state index contributed by atoms with van der Waals surface area (Å²) in [5, 5.41) is 2.11. The molecule has 1 aromatic rings. The summed E-state index contributed by atoms with van der Waals surface area (Å²) in [4.78, 5) is 1.38.